The van der Waals surface area contributed by atoms with Crippen molar-refractivity contribution in [2.75, 3.05) is 14.2 Å². The van der Waals surface area contributed by atoms with Crippen LogP contribution in [0, 0.1) is 6.92 Å². The zero-order valence-electron chi connectivity index (χ0n) is 18.8. The molecule has 1 aromatic heterocycles. The zero-order chi connectivity index (χ0) is 22.5. The average Bonchev–Trinajstić information content (AvgIpc) is 3.31. The number of hydrogen-bond acceptors (Lipinski definition) is 6. The average molecular weight is 436 g/mol. The SMILES string of the molecule is COc1ccc(C(=O)N(Cc2nc(-c3cccc(C)c3)no2)C2CCCCC2)cc1OC. The Kier molecular flexibility index (Phi) is 6.73. The standard InChI is InChI=1S/C25H29N3O4/c1-17-8-7-9-18(14-17)24-26-23(32-27-24)16-28(20-10-5-4-6-11-20)25(29)19-12-13-21(30-2)22(15-19)31-3/h7-9,12-15,20H,4-6,10-11,16H2,1-3H3. The van der Waals surface area contributed by atoms with E-state index in [1.165, 1.54) is 6.42 Å². The van der Waals surface area contributed by atoms with Crippen molar-refractivity contribution in [1.29, 1.82) is 0 Å². The molecule has 0 spiro atoms. The first-order chi connectivity index (χ1) is 15.6. The first-order valence-electron chi connectivity index (χ1n) is 11.0. The molecule has 1 amide bonds. The maximum absolute atomic E-state index is 13.6. The maximum Gasteiger partial charge on any atom is 0.254 e. The van der Waals surface area contributed by atoms with Crippen molar-refractivity contribution in [3.05, 3.63) is 59.5 Å². The van der Waals surface area contributed by atoms with Crippen molar-refractivity contribution in [2.45, 2.75) is 51.6 Å². The highest BCUT2D eigenvalue weighted by atomic mass is 16.5. The fourth-order valence-corrected chi connectivity index (χ4v) is 4.26. The van der Waals surface area contributed by atoms with Gasteiger partial charge < -0.3 is 18.9 Å². The number of carbonyl (C=O) groups is 1. The molecule has 0 bridgehead atoms. The first kappa shape index (κ1) is 21.9. The molecule has 2 aromatic carbocycles. The van der Waals surface area contributed by atoms with Crippen molar-refractivity contribution in [3.8, 4) is 22.9 Å². The summed E-state index contributed by atoms with van der Waals surface area (Å²) in [6.07, 6.45) is 5.36. The van der Waals surface area contributed by atoms with E-state index in [1.807, 2.05) is 36.1 Å². The van der Waals surface area contributed by atoms with Crippen molar-refractivity contribution >= 4 is 5.91 Å². The molecule has 168 valence electrons. The van der Waals surface area contributed by atoms with Crippen LogP contribution >= 0.6 is 0 Å². The molecular weight excluding hydrogens is 406 g/mol. The van der Waals surface area contributed by atoms with Crippen molar-refractivity contribution in [2.24, 2.45) is 0 Å². The Balaban J connectivity index is 1.61. The molecule has 0 N–H and O–H groups in total. The predicted molar refractivity (Wildman–Crippen MR) is 121 cm³/mol. The van der Waals surface area contributed by atoms with Gasteiger partial charge in [0.2, 0.25) is 11.7 Å². The lowest BCUT2D eigenvalue weighted by Gasteiger charge is -2.33. The van der Waals surface area contributed by atoms with Crippen LogP contribution in [0.4, 0.5) is 0 Å². The Morgan fingerprint density at radius 1 is 1.06 bits per heavy atom. The topological polar surface area (TPSA) is 77.7 Å². The van der Waals surface area contributed by atoms with Crippen LogP contribution in [-0.2, 0) is 6.54 Å². The number of aryl methyl sites for hydroxylation is 1. The van der Waals surface area contributed by atoms with Crippen LogP contribution in [0.15, 0.2) is 47.0 Å². The number of aromatic nitrogens is 2. The van der Waals surface area contributed by atoms with Gasteiger partial charge in [-0.25, -0.2) is 0 Å². The van der Waals surface area contributed by atoms with Crippen LogP contribution in [0.2, 0.25) is 0 Å². The van der Waals surface area contributed by atoms with Crippen LogP contribution < -0.4 is 9.47 Å². The fraction of sp³-hybridized carbons (Fsp3) is 0.400. The van der Waals surface area contributed by atoms with Gasteiger partial charge in [-0.05, 0) is 44.0 Å². The van der Waals surface area contributed by atoms with Crippen molar-refractivity contribution < 1.29 is 18.8 Å². The van der Waals surface area contributed by atoms with Gasteiger partial charge in [0, 0.05) is 17.2 Å². The third kappa shape index (κ3) is 4.77. The molecule has 0 unspecified atom stereocenters. The molecule has 0 atom stereocenters. The van der Waals surface area contributed by atoms with Crippen LogP contribution in [0.3, 0.4) is 0 Å². The van der Waals surface area contributed by atoms with Gasteiger partial charge in [-0.2, -0.15) is 4.98 Å². The number of hydrogen-bond donors (Lipinski definition) is 0. The van der Waals surface area contributed by atoms with Crippen LogP contribution in [0.5, 0.6) is 11.5 Å². The van der Waals surface area contributed by atoms with E-state index >= 15 is 0 Å². The maximum atomic E-state index is 13.6. The van der Waals surface area contributed by atoms with Crippen LogP contribution in [0.25, 0.3) is 11.4 Å². The van der Waals surface area contributed by atoms with E-state index in [4.69, 9.17) is 14.0 Å². The van der Waals surface area contributed by atoms with Gasteiger partial charge in [-0.3, -0.25) is 4.79 Å². The van der Waals surface area contributed by atoms with Gasteiger partial charge in [-0.1, -0.05) is 48.2 Å². The van der Waals surface area contributed by atoms with Gasteiger partial charge in [0.05, 0.1) is 14.2 Å². The van der Waals surface area contributed by atoms with Crippen molar-refractivity contribution in [1.82, 2.24) is 15.0 Å². The van der Waals surface area contributed by atoms with E-state index in [0.717, 1.165) is 36.8 Å². The van der Waals surface area contributed by atoms with E-state index in [0.29, 0.717) is 28.8 Å². The molecule has 1 aliphatic rings. The highest BCUT2D eigenvalue weighted by Gasteiger charge is 2.29. The second kappa shape index (κ2) is 9.85. The first-order valence-corrected chi connectivity index (χ1v) is 11.0. The quantitative estimate of drug-likeness (QED) is 0.518. The van der Waals surface area contributed by atoms with E-state index in [2.05, 4.69) is 10.1 Å². The summed E-state index contributed by atoms with van der Waals surface area (Å²) in [4.78, 5) is 20.0. The molecule has 7 nitrogen and oxygen atoms in total. The summed E-state index contributed by atoms with van der Waals surface area (Å²) in [5, 5.41) is 4.15. The highest BCUT2D eigenvalue weighted by Crippen LogP contribution is 2.30. The van der Waals surface area contributed by atoms with Gasteiger partial charge in [0.1, 0.15) is 6.54 Å². The summed E-state index contributed by atoms with van der Waals surface area (Å²) in [6, 6.07) is 13.4. The monoisotopic (exact) mass is 435 g/mol. The lowest BCUT2D eigenvalue weighted by Crippen LogP contribution is -2.41. The van der Waals surface area contributed by atoms with E-state index in [1.54, 1.807) is 32.4 Å². The lowest BCUT2D eigenvalue weighted by molar-refractivity contribution is 0.0585. The lowest BCUT2D eigenvalue weighted by atomic mass is 9.93. The third-order valence-electron chi connectivity index (χ3n) is 5.96. The molecule has 0 radical (unpaired) electrons. The molecule has 0 saturated heterocycles. The minimum Gasteiger partial charge on any atom is -0.493 e. The van der Waals surface area contributed by atoms with Gasteiger partial charge in [0.25, 0.3) is 5.91 Å². The molecule has 7 heteroatoms. The summed E-state index contributed by atoms with van der Waals surface area (Å²) in [7, 11) is 3.14. The highest BCUT2D eigenvalue weighted by molar-refractivity contribution is 5.95. The molecule has 32 heavy (non-hydrogen) atoms. The second-order valence-electron chi connectivity index (χ2n) is 8.18. The molecule has 0 aliphatic heterocycles. The molecular formula is C25H29N3O4. The summed E-state index contributed by atoms with van der Waals surface area (Å²) >= 11 is 0. The van der Waals surface area contributed by atoms with E-state index in [-0.39, 0.29) is 18.5 Å². The smallest absolute Gasteiger partial charge is 0.254 e. The Morgan fingerprint density at radius 3 is 2.56 bits per heavy atom. The minimum atomic E-state index is -0.0758. The second-order valence-corrected chi connectivity index (χ2v) is 8.18. The number of ether oxygens (including phenoxy) is 2. The minimum absolute atomic E-state index is 0.0758. The van der Waals surface area contributed by atoms with Crippen LogP contribution in [-0.4, -0.2) is 41.2 Å². The predicted octanol–water partition coefficient (Wildman–Crippen LogP) is 5.04. The number of methoxy groups -OCH3 is 2. The largest absolute Gasteiger partial charge is 0.493 e. The Morgan fingerprint density at radius 2 is 1.84 bits per heavy atom. The summed E-state index contributed by atoms with van der Waals surface area (Å²) in [5.74, 6) is 2.01. The number of rotatable bonds is 7. The van der Waals surface area contributed by atoms with Gasteiger partial charge in [-0.15, -0.1) is 0 Å². The van der Waals surface area contributed by atoms with Gasteiger partial charge >= 0.3 is 0 Å². The molecule has 1 saturated carbocycles. The Labute approximate surface area is 188 Å². The summed E-state index contributed by atoms with van der Waals surface area (Å²) in [5.41, 5.74) is 2.57. The normalized spacial score (nSPS) is 14.2. The molecule has 1 aliphatic carbocycles. The number of carbonyl (C=O) groups excluding carboxylic acids is 1. The molecule has 3 aromatic rings. The summed E-state index contributed by atoms with van der Waals surface area (Å²) < 4.78 is 16.3. The number of benzene rings is 2. The molecule has 1 heterocycles. The Hall–Kier alpha value is -3.35. The Bertz CT molecular complexity index is 1070. The van der Waals surface area contributed by atoms with Gasteiger partial charge in [0.15, 0.2) is 11.5 Å². The van der Waals surface area contributed by atoms with Crippen LogP contribution in [0.1, 0.15) is 53.9 Å². The van der Waals surface area contributed by atoms with E-state index < -0.39 is 0 Å². The van der Waals surface area contributed by atoms with E-state index in [9.17, 15) is 4.79 Å². The number of amides is 1. The fourth-order valence-electron chi connectivity index (χ4n) is 4.26. The molecule has 1 fully saturated rings. The third-order valence-corrected chi connectivity index (χ3v) is 5.96. The van der Waals surface area contributed by atoms with Crippen molar-refractivity contribution in [3.63, 3.8) is 0 Å². The molecule has 4 rings (SSSR count). The number of nitrogens with zero attached hydrogens (tertiary/aromatic N) is 3. The summed E-state index contributed by atoms with van der Waals surface area (Å²) in [6.45, 7) is 2.30. The zero-order valence-corrected chi connectivity index (χ0v) is 18.8.